The van der Waals surface area contributed by atoms with E-state index in [1.807, 2.05) is 0 Å². The summed E-state index contributed by atoms with van der Waals surface area (Å²) in [6.45, 7) is 23.5. The largest absolute Gasteiger partial charge is 0.0654 e. The van der Waals surface area contributed by atoms with Gasteiger partial charge in [-0.05, 0) is 58.8 Å². The van der Waals surface area contributed by atoms with Gasteiger partial charge in [0, 0.05) is 10.8 Å². The minimum Gasteiger partial charge on any atom is -0.0654 e. The summed E-state index contributed by atoms with van der Waals surface area (Å²) >= 11 is 0. The third-order valence-corrected chi connectivity index (χ3v) is 8.23. The summed E-state index contributed by atoms with van der Waals surface area (Å²) < 4.78 is 0. The van der Waals surface area contributed by atoms with E-state index in [0.29, 0.717) is 0 Å². The molecule has 0 aliphatic carbocycles. The van der Waals surface area contributed by atoms with Crippen molar-refractivity contribution in [2.75, 3.05) is 0 Å². The Kier molecular flexibility index (Phi) is 9.66. The maximum Gasteiger partial charge on any atom is 0.00496 e. The van der Waals surface area contributed by atoms with Crippen molar-refractivity contribution in [1.29, 1.82) is 0 Å². The molecule has 0 unspecified atom stereocenters. The Balaban J connectivity index is 2.83. The van der Waals surface area contributed by atoms with E-state index in [0.717, 1.165) is 0 Å². The van der Waals surface area contributed by atoms with Crippen LogP contribution in [0.15, 0.2) is 48.5 Å². The number of hydrogen-bond acceptors (Lipinski definition) is 0. The molecule has 2 rings (SSSR count). The lowest BCUT2D eigenvalue weighted by molar-refractivity contribution is 0.147. The van der Waals surface area contributed by atoms with Crippen LogP contribution < -0.4 is 0 Å². The van der Waals surface area contributed by atoms with Crippen LogP contribution in [0.5, 0.6) is 0 Å². The Morgan fingerprint density at radius 2 is 0.588 bits per heavy atom. The van der Waals surface area contributed by atoms with Crippen LogP contribution in [0.4, 0.5) is 0 Å². The number of benzene rings is 2. The Morgan fingerprint density at radius 1 is 0.382 bits per heavy atom. The van der Waals surface area contributed by atoms with Crippen LogP contribution in [0, 0.1) is 0 Å². The molecule has 0 atom stereocenters. The third-order valence-electron chi connectivity index (χ3n) is 8.23. The molecule has 0 amide bonds. The van der Waals surface area contributed by atoms with Crippen LogP contribution in [0.2, 0.25) is 0 Å². The second-order valence-electron chi connectivity index (χ2n) is 12.8. The van der Waals surface area contributed by atoms with Gasteiger partial charge < -0.3 is 0 Å². The van der Waals surface area contributed by atoms with E-state index in [1.165, 1.54) is 62.5 Å². The van der Waals surface area contributed by atoms with E-state index in [4.69, 9.17) is 0 Å². The fourth-order valence-electron chi connectivity index (χ4n) is 6.62. The van der Waals surface area contributed by atoms with Gasteiger partial charge in [-0.15, -0.1) is 0 Å². The number of hydrogen-bond donors (Lipinski definition) is 0. The Morgan fingerprint density at radius 3 is 0.765 bits per heavy atom. The molecule has 0 saturated carbocycles. The monoisotopic (exact) mass is 462 g/mol. The van der Waals surface area contributed by atoms with Crippen molar-refractivity contribution in [2.24, 2.45) is 0 Å². The zero-order valence-corrected chi connectivity index (χ0v) is 24.3. The van der Waals surface area contributed by atoms with E-state index in [2.05, 4.69) is 118 Å². The lowest BCUT2D eigenvalue weighted by Crippen LogP contribution is -2.49. The van der Waals surface area contributed by atoms with E-state index in [-0.39, 0.29) is 21.7 Å². The van der Waals surface area contributed by atoms with Crippen LogP contribution in [-0.2, 0) is 21.7 Å². The van der Waals surface area contributed by atoms with Crippen LogP contribution in [0.25, 0.3) is 0 Å². The first-order chi connectivity index (χ1) is 15.9. The summed E-state index contributed by atoms with van der Waals surface area (Å²) in [6, 6.07) is 19.7. The smallest absolute Gasteiger partial charge is 0.00496 e. The molecule has 0 aliphatic rings. The van der Waals surface area contributed by atoms with E-state index in [1.54, 1.807) is 11.1 Å². The van der Waals surface area contributed by atoms with Gasteiger partial charge in [-0.1, -0.05) is 143 Å². The highest BCUT2D eigenvalue weighted by atomic mass is 14.5. The molecule has 0 heteroatoms. The summed E-state index contributed by atoms with van der Waals surface area (Å²) in [5.41, 5.74) is 6.67. The van der Waals surface area contributed by atoms with Gasteiger partial charge in [-0.25, -0.2) is 0 Å². The van der Waals surface area contributed by atoms with Gasteiger partial charge in [-0.2, -0.15) is 0 Å². The minimum absolute atomic E-state index is 0.155. The molecular formula is C34H54. The van der Waals surface area contributed by atoms with Crippen LogP contribution in [0.1, 0.15) is 143 Å². The van der Waals surface area contributed by atoms with Crippen LogP contribution in [0.3, 0.4) is 0 Å². The summed E-state index contributed by atoms with van der Waals surface area (Å²) in [7, 11) is 0. The van der Waals surface area contributed by atoms with Gasteiger partial charge in [-0.3, -0.25) is 0 Å². The zero-order valence-electron chi connectivity index (χ0n) is 24.3. The van der Waals surface area contributed by atoms with Gasteiger partial charge in [0.05, 0.1) is 0 Å². The van der Waals surface area contributed by atoms with Crippen LogP contribution in [-0.4, -0.2) is 0 Å². The van der Waals surface area contributed by atoms with Crippen molar-refractivity contribution in [2.45, 2.75) is 142 Å². The highest BCUT2D eigenvalue weighted by molar-refractivity contribution is 5.43. The molecule has 0 aromatic heterocycles. The molecule has 0 bridgehead atoms. The van der Waals surface area contributed by atoms with E-state index in [9.17, 15) is 0 Å². The molecular weight excluding hydrogens is 408 g/mol. The van der Waals surface area contributed by atoms with E-state index >= 15 is 0 Å². The zero-order chi connectivity index (χ0) is 25.6. The predicted molar refractivity (Wildman–Crippen MR) is 153 cm³/mol. The molecule has 2 aromatic rings. The van der Waals surface area contributed by atoms with Crippen LogP contribution >= 0.6 is 0 Å². The van der Waals surface area contributed by atoms with Gasteiger partial charge in [0.15, 0.2) is 0 Å². The second-order valence-corrected chi connectivity index (χ2v) is 12.8. The molecule has 0 spiro atoms. The van der Waals surface area contributed by atoms with Crippen molar-refractivity contribution < 1.29 is 0 Å². The van der Waals surface area contributed by atoms with Gasteiger partial charge >= 0.3 is 0 Å². The summed E-state index contributed by atoms with van der Waals surface area (Å²) in [4.78, 5) is 0. The van der Waals surface area contributed by atoms with Crippen molar-refractivity contribution >= 4 is 0 Å². The quantitative estimate of drug-likeness (QED) is 0.311. The predicted octanol–water partition coefficient (Wildman–Crippen LogP) is 10.7. The van der Waals surface area contributed by atoms with Crippen molar-refractivity contribution in [3.05, 3.63) is 70.8 Å². The summed E-state index contributed by atoms with van der Waals surface area (Å²) in [5.74, 6) is 0. The maximum atomic E-state index is 2.50. The highest BCUT2D eigenvalue weighted by Gasteiger charge is 2.50. The Hall–Kier alpha value is -1.56. The highest BCUT2D eigenvalue weighted by Crippen LogP contribution is 2.56. The molecule has 0 aliphatic heterocycles. The molecule has 0 fully saturated rings. The number of rotatable bonds is 11. The normalized spacial score (nSPS) is 13.4. The van der Waals surface area contributed by atoms with Gasteiger partial charge in [0.1, 0.15) is 0 Å². The van der Waals surface area contributed by atoms with Gasteiger partial charge in [0.25, 0.3) is 0 Å². The molecule has 0 saturated heterocycles. The van der Waals surface area contributed by atoms with E-state index < -0.39 is 0 Å². The average molecular weight is 463 g/mol. The summed E-state index contributed by atoms with van der Waals surface area (Å²) in [6.07, 6.45) is 9.86. The minimum atomic E-state index is 0.155. The lowest BCUT2D eigenvalue weighted by Gasteiger charge is -2.53. The first kappa shape index (κ1) is 28.7. The molecule has 0 nitrogen and oxygen atoms in total. The fourth-order valence-corrected chi connectivity index (χ4v) is 6.62. The SMILES string of the molecule is CCCC(CCC)(c1ccc(C(C)(C)C)cc1)C(CCC)(CCC)c1ccc(C(C)(C)C)cc1. The molecule has 190 valence electrons. The lowest BCUT2D eigenvalue weighted by atomic mass is 9.50. The van der Waals surface area contributed by atoms with Crippen molar-refractivity contribution in [1.82, 2.24) is 0 Å². The summed E-state index contributed by atoms with van der Waals surface area (Å²) in [5, 5.41) is 0. The van der Waals surface area contributed by atoms with Gasteiger partial charge in [0.2, 0.25) is 0 Å². The average Bonchev–Trinajstić information content (AvgIpc) is 2.77. The van der Waals surface area contributed by atoms with Crippen molar-refractivity contribution in [3.8, 4) is 0 Å². The third kappa shape index (κ3) is 5.80. The Labute approximate surface area is 213 Å². The second kappa shape index (κ2) is 11.5. The molecule has 0 N–H and O–H groups in total. The maximum absolute atomic E-state index is 2.50. The first-order valence-corrected chi connectivity index (χ1v) is 14.1. The standard InChI is InChI=1S/C34H54/c1-11-23-33(24-12-2,29-19-15-27(16-20-29)31(5,6)7)34(25-13-3,26-14-4)30-21-17-28(18-22-30)32(8,9)10/h15-22H,11-14,23-26H2,1-10H3. The Bertz CT molecular complexity index is 765. The first-order valence-electron chi connectivity index (χ1n) is 14.1. The topological polar surface area (TPSA) is 0 Å². The molecule has 0 radical (unpaired) electrons. The molecule has 34 heavy (non-hydrogen) atoms. The fraction of sp³-hybridized carbons (Fsp3) is 0.647. The van der Waals surface area contributed by atoms with Crippen molar-refractivity contribution in [3.63, 3.8) is 0 Å². The molecule has 2 aromatic carbocycles. The molecule has 0 heterocycles.